The monoisotopic (exact) mass is 455 g/mol. The van der Waals surface area contributed by atoms with E-state index in [2.05, 4.69) is 10.2 Å². The smallest absolute Gasteiger partial charge is 0.183 e. The molecule has 8 heteroatoms. The molecule has 0 saturated carbocycles. The van der Waals surface area contributed by atoms with Crippen LogP contribution in [0.3, 0.4) is 0 Å². The first kappa shape index (κ1) is 21.2. The number of methoxy groups -OCH3 is 2. The van der Waals surface area contributed by atoms with Crippen molar-refractivity contribution < 1.29 is 18.9 Å². The van der Waals surface area contributed by atoms with Crippen LogP contribution in [0.2, 0.25) is 0 Å². The van der Waals surface area contributed by atoms with E-state index < -0.39 is 0 Å². The van der Waals surface area contributed by atoms with E-state index in [0.29, 0.717) is 18.3 Å². The molecule has 2 aliphatic rings. The molecular weight excluding hydrogens is 426 g/mol. The first-order chi connectivity index (χ1) is 15.7. The Labute approximate surface area is 192 Å². The molecule has 1 aromatic heterocycles. The van der Waals surface area contributed by atoms with Crippen molar-refractivity contribution in [1.82, 2.24) is 9.88 Å². The largest absolute Gasteiger partial charge is 0.493 e. The fourth-order valence-electron chi connectivity index (χ4n) is 4.38. The van der Waals surface area contributed by atoms with Gasteiger partial charge in [-0.1, -0.05) is 23.5 Å². The van der Waals surface area contributed by atoms with E-state index in [0.717, 1.165) is 58.8 Å². The number of hydrogen-bond donors (Lipinski definition) is 1. The third kappa shape index (κ3) is 4.56. The number of nitrogens with one attached hydrogen (secondary N) is 1. The lowest BCUT2D eigenvalue weighted by atomic mass is 9.96. The summed E-state index contributed by atoms with van der Waals surface area (Å²) in [6.45, 7) is 4.64. The zero-order chi connectivity index (χ0) is 21.9. The van der Waals surface area contributed by atoms with Gasteiger partial charge in [-0.25, -0.2) is 4.98 Å². The number of ether oxygens (including phenoxy) is 4. The molecule has 0 amide bonds. The second kappa shape index (κ2) is 9.42. The van der Waals surface area contributed by atoms with Crippen molar-refractivity contribution in [1.29, 1.82) is 0 Å². The first-order valence-corrected chi connectivity index (χ1v) is 11.9. The maximum absolute atomic E-state index is 6.12. The average Bonchev–Trinajstić information content (AvgIpc) is 3.24. The van der Waals surface area contributed by atoms with E-state index in [4.69, 9.17) is 23.9 Å². The standard InChI is InChI=1S/C24H29N3O4S/c1-28-21-11-18-23(12-22(21)29-2)32-24(26-18)25-13-16-7-9-27(10-8-16)14-17-15-30-19-5-3-4-6-20(19)31-17/h3-6,11-12,16-17H,7-10,13-15H2,1-2H3,(H,25,26). The lowest BCUT2D eigenvalue weighted by molar-refractivity contribution is 0.0485. The molecule has 1 saturated heterocycles. The van der Waals surface area contributed by atoms with Crippen LogP contribution in [0.4, 0.5) is 5.13 Å². The molecule has 3 heterocycles. The molecule has 1 fully saturated rings. The summed E-state index contributed by atoms with van der Waals surface area (Å²) in [5.74, 6) is 3.79. The molecule has 7 nitrogen and oxygen atoms in total. The number of anilines is 1. The Morgan fingerprint density at radius 1 is 1.09 bits per heavy atom. The number of benzene rings is 2. The molecule has 3 aromatic rings. The Kier molecular flexibility index (Phi) is 6.23. The summed E-state index contributed by atoms with van der Waals surface area (Å²) in [5, 5.41) is 4.50. The van der Waals surface area contributed by atoms with Gasteiger partial charge in [-0.05, 0) is 44.0 Å². The van der Waals surface area contributed by atoms with Gasteiger partial charge in [0.1, 0.15) is 12.7 Å². The molecule has 5 rings (SSSR count). The van der Waals surface area contributed by atoms with E-state index in [1.807, 2.05) is 36.4 Å². The fourth-order valence-corrected chi connectivity index (χ4v) is 5.26. The topological polar surface area (TPSA) is 65.1 Å². The lowest BCUT2D eigenvalue weighted by Crippen LogP contribution is -2.44. The number of hydrogen-bond acceptors (Lipinski definition) is 8. The number of aromatic nitrogens is 1. The number of thiazole rings is 1. The molecular formula is C24H29N3O4S. The van der Waals surface area contributed by atoms with Gasteiger partial charge in [0.2, 0.25) is 0 Å². The molecule has 0 spiro atoms. The fraction of sp³-hybridized carbons (Fsp3) is 0.458. The molecule has 1 unspecified atom stereocenters. The van der Waals surface area contributed by atoms with Gasteiger partial charge in [0.15, 0.2) is 28.1 Å². The molecule has 2 aliphatic heterocycles. The third-order valence-corrected chi connectivity index (χ3v) is 7.15. The lowest BCUT2D eigenvalue weighted by Gasteiger charge is -2.35. The van der Waals surface area contributed by atoms with Crippen LogP contribution in [-0.4, -0.2) is 63.0 Å². The van der Waals surface area contributed by atoms with Crippen LogP contribution < -0.4 is 24.3 Å². The molecule has 170 valence electrons. The first-order valence-electron chi connectivity index (χ1n) is 11.1. The molecule has 32 heavy (non-hydrogen) atoms. The number of nitrogens with zero attached hydrogens (tertiary/aromatic N) is 2. The molecule has 1 atom stereocenters. The van der Waals surface area contributed by atoms with Crippen LogP contribution in [-0.2, 0) is 0 Å². The van der Waals surface area contributed by atoms with Crippen LogP contribution in [0, 0.1) is 5.92 Å². The Balaban J connectivity index is 1.10. The van der Waals surface area contributed by atoms with Crippen LogP contribution in [0.1, 0.15) is 12.8 Å². The van der Waals surface area contributed by atoms with Gasteiger partial charge < -0.3 is 24.3 Å². The van der Waals surface area contributed by atoms with Gasteiger partial charge in [-0.2, -0.15) is 0 Å². The average molecular weight is 456 g/mol. The second-order valence-electron chi connectivity index (χ2n) is 8.32. The zero-order valence-corrected chi connectivity index (χ0v) is 19.3. The van der Waals surface area contributed by atoms with Gasteiger partial charge in [0.25, 0.3) is 0 Å². The number of piperidine rings is 1. The summed E-state index contributed by atoms with van der Waals surface area (Å²) in [4.78, 5) is 7.22. The minimum atomic E-state index is 0.0938. The normalized spacial score (nSPS) is 19.1. The summed E-state index contributed by atoms with van der Waals surface area (Å²) in [6, 6.07) is 11.8. The highest BCUT2D eigenvalue weighted by molar-refractivity contribution is 7.22. The predicted octanol–water partition coefficient (Wildman–Crippen LogP) is 4.28. The number of rotatable bonds is 7. The van der Waals surface area contributed by atoms with Gasteiger partial charge in [0.05, 0.1) is 24.4 Å². The van der Waals surface area contributed by atoms with Crippen LogP contribution in [0.5, 0.6) is 23.0 Å². The van der Waals surface area contributed by atoms with Crippen molar-refractivity contribution in [2.45, 2.75) is 18.9 Å². The molecule has 0 radical (unpaired) electrons. The Morgan fingerprint density at radius 2 is 1.84 bits per heavy atom. The number of fused-ring (bicyclic) bond motifs is 2. The van der Waals surface area contributed by atoms with Crippen LogP contribution in [0.15, 0.2) is 36.4 Å². The van der Waals surface area contributed by atoms with Crippen molar-refractivity contribution in [2.24, 2.45) is 5.92 Å². The maximum atomic E-state index is 6.12. The van der Waals surface area contributed by atoms with E-state index in [1.165, 1.54) is 12.8 Å². The SMILES string of the molecule is COc1cc2nc(NCC3CCN(CC4COc5ccccc5O4)CC3)sc2cc1OC. The Hall–Kier alpha value is -2.71. The van der Waals surface area contributed by atoms with Gasteiger partial charge in [-0.15, -0.1) is 0 Å². The second-order valence-corrected chi connectivity index (χ2v) is 9.35. The summed E-state index contributed by atoms with van der Waals surface area (Å²) in [7, 11) is 3.30. The molecule has 1 N–H and O–H groups in total. The van der Waals surface area contributed by atoms with Crippen molar-refractivity contribution in [3.63, 3.8) is 0 Å². The Morgan fingerprint density at radius 3 is 2.62 bits per heavy atom. The number of para-hydroxylation sites is 2. The van der Waals surface area contributed by atoms with Crippen molar-refractivity contribution in [3.8, 4) is 23.0 Å². The van der Waals surface area contributed by atoms with Crippen LogP contribution >= 0.6 is 11.3 Å². The van der Waals surface area contributed by atoms with Crippen molar-refractivity contribution in [3.05, 3.63) is 36.4 Å². The van der Waals surface area contributed by atoms with E-state index in [9.17, 15) is 0 Å². The van der Waals surface area contributed by atoms with Gasteiger partial charge in [0, 0.05) is 25.2 Å². The highest BCUT2D eigenvalue weighted by Gasteiger charge is 2.26. The quantitative estimate of drug-likeness (QED) is 0.571. The molecule has 0 bridgehead atoms. The minimum Gasteiger partial charge on any atom is -0.493 e. The number of likely N-dealkylation sites (tertiary alicyclic amines) is 1. The van der Waals surface area contributed by atoms with Gasteiger partial charge >= 0.3 is 0 Å². The van der Waals surface area contributed by atoms with Crippen LogP contribution in [0.25, 0.3) is 10.2 Å². The minimum absolute atomic E-state index is 0.0938. The van der Waals surface area contributed by atoms with E-state index >= 15 is 0 Å². The van der Waals surface area contributed by atoms with E-state index in [-0.39, 0.29) is 6.10 Å². The maximum Gasteiger partial charge on any atom is 0.183 e. The Bertz CT molecular complexity index is 1020. The third-order valence-electron chi connectivity index (χ3n) is 6.17. The zero-order valence-electron chi connectivity index (χ0n) is 18.5. The summed E-state index contributed by atoms with van der Waals surface area (Å²) in [6.07, 6.45) is 2.43. The molecule has 2 aromatic carbocycles. The highest BCUT2D eigenvalue weighted by atomic mass is 32.1. The summed E-state index contributed by atoms with van der Waals surface area (Å²) < 4.78 is 23.9. The predicted molar refractivity (Wildman–Crippen MR) is 127 cm³/mol. The summed E-state index contributed by atoms with van der Waals surface area (Å²) >= 11 is 1.65. The van der Waals surface area contributed by atoms with Gasteiger partial charge in [-0.3, -0.25) is 4.90 Å². The van der Waals surface area contributed by atoms with Crippen molar-refractivity contribution in [2.75, 3.05) is 52.3 Å². The molecule has 0 aliphatic carbocycles. The summed E-state index contributed by atoms with van der Waals surface area (Å²) in [5.41, 5.74) is 0.932. The van der Waals surface area contributed by atoms with E-state index in [1.54, 1.807) is 25.6 Å². The highest BCUT2D eigenvalue weighted by Crippen LogP contribution is 2.36. The van der Waals surface area contributed by atoms with Crippen molar-refractivity contribution >= 4 is 26.7 Å².